The zero-order chi connectivity index (χ0) is 11.0. The molecule has 0 saturated heterocycles. The van der Waals surface area contributed by atoms with Crippen LogP contribution in [-0.4, -0.2) is 23.1 Å². The standard InChI is InChI=1S/C10H7FO4/c11-7-3-1-2-5-6(7)4-8(9(12)13)15-10(5)14/h1-3,8H,4H2,(H,12,13). The number of carboxylic acids is 1. The van der Waals surface area contributed by atoms with Crippen molar-refractivity contribution in [2.75, 3.05) is 0 Å². The van der Waals surface area contributed by atoms with Crippen molar-refractivity contribution in [3.05, 3.63) is 35.1 Å². The van der Waals surface area contributed by atoms with Crippen molar-refractivity contribution in [1.82, 2.24) is 0 Å². The van der Waals surface area contributed by atoms with E-state index >= 15 is 0 Å². The van der Waals surface area contributed by atoms with Gasteiger partial charge in [-0.3, -0.25) is 0 Å². The molecule has 0 aromatic heterocycles. The van der Waals surface area contributed by atoms with E-state index in [-0.39, 0.29) is 17.5 Å². The van der Waals surface area contributed by atoms with E-state index in [2.05, 4.69) is 4.74 Å². The lowest BCUT2D eigenvalue weighted by Gasteiger charge is -2.21. The number of benzene rings is 1. The zero-order valence-electron chi connectivity index (χ0n) is 7.57. The van der Waals surface area contributed by atoms with E-state index in [4.69, 9.17) is 5.11 Å². The van der Waals surface area contributed by atoms with Gasteiger partial charge in [-0.1, -0.05) is 6.07 Å². The Morgan fingerprint density at radius 1 is 1.53 bits per heavy atom. The molecule has 1 N–H and O–H groups in total. The van der Waals surface area contributed by atoms with Gasteiger partial charge < -0.3 is 9.84 Å². The number of hydrogen-bond acceptors (Lipinski definition) is 3. The van der Waals surface area contributed by atoms with Crippen molar-refractivity contribution in [1.29, 1.82) is 0 Å². The van der Waals surface area contributed by atoms with Crippen LogP contribution in [0.25, 0.3) is 0 Å². The minimum atomic E-state index is -1.29. The highest BCUT2D eigenvalue weighted by Gasteiger charge is 2.32. The van der Waals surface area contributed by atoms with Crippen molar-refractivity contribution in [3.8, 4) is 0 Å². The Morgan fingerprint density at radius 2 is 2.27 bits per heavy atom. The Hall–Kier alpha value is -1.91. The topological polar surface area (TPSA) is 63.6 Å². The minimum Gasteiger partial charge on any atom is -0.478 e. The second-order valence-corrected chi connectivity index (χ2v) is 3.20. The van der Waals surface area contributed by atoms with Crippen LogP contribution < -0.4 is 0 Å². The Balaban J connectivity index is 2.46. The molecule has 2 rings (SSSR count). The summed E-state index contributed by atoms with van der Waals surface area (Å²) in [6, 6.07) is 3.99. The largest absolute Gasteiger partial charge is 0.478 e. The maximum Gasteiger partial charge on any atom is 0.345 e. The second kappa shape index (κ2) is 3.34. The van der Waals surface area contributed by atoms with Crippen LogP contribution in [0.3, 0.4) is 0 Å². The Kier molecular flexibility index (Phi) is 2.15. The highest BCUT2D eigenvalue weighted by molar-refractivity contribution is 5.94. The summed E-state index contributed by atoms with van der Waals surface area (Å²) >= 11 is 0. The molecule has 1 aromatic carbocycles. The number of carbonyl (C=O) groups excluding carboxylic acids is 1. The number of esters is 1. The molecule has 78 valence electrons. The molecule has 1 aromatic rings. The number of rotatable bonds is 1. The number of hydrogen-bond donors (Lipinski definition) is 1. The van der Waals surface area contributed by atoms with Gasteiger partial charge in [0.25, 0.3) is 0 Å². The fourth-order valence-electron chi connectivity index (χ4n) is 1.51. The van der Waals surface area contributed by atoms with E-state index in [1.807, 2.05) is 0 Å². The number of carboxylic acid groups (broad SMARTS) is 1. The van der Waals surface area contributed by atoms with Crippen LogP contribution in [-0.2, 0) is 16.0 Å². The molecule has 0 amide bonds. The highest BCUT2D eigenvalue weighted by atomic mass is 19.1. The number of cyclic esters (lactones) is 1. The lowest BCUT2D eigenvalue weighted by atomic mass is 9.98. The third-order valence-electron chi connectivity index (χ3n) is 2.25. The van der Waals surface area contributed by atoms with Crippen molar-refractivity contribution in [3.63, 3.8) is 0 Å². The van der Waals surface area contributed by atoms with E-state index in [0.29, 0.717) is 0 Å². The Labute approximate surface area is 84.3 Å². The average Bonchev–Trinajstić information content (AvgIpc) is 2.19. The molecular weight excluding hydrogens is 203 g/mol. The van der Waals surface area contributed by atoms with Crippen molar-refractivity contribution >= 4 is 11.9 Å². The smallest absolute Gasteiger partial charge is 0.345 e. The summed E-state index contributed by atoms with van der Waals surface area (Å²) in [5, 5.41) is 8.67. The molecule has 0 radical (unpaired) electrons. The van der Waals surface area contributed by atoms with Gasteiger partial charge in [0.05, 0.1) is 5.56 Å². The van der Waals surface area contributed by atoms with Gasteiger partial charge in [0.2, 0.25) is 6.10 Å². The maximum atomic E-state index is 13.3. The number of fused-ring (bicyclic) bond motifs is 1. The molecule has 1 heterocycles. The Bertz CT molecular complexity index is 441. The predicted octanol–water partition coefficient (Wildman–Crippen LogP) is 0.992. The summed E-state index contributed by atoms with van der Waals surface area (Å²) in [4.78, 5) is 21.9. The number of carbonyl (C=O) groups is 2. The van der Waals surface area contributed by atoms with Gasteiger partial charge in [0.1, 0.15) is 5.82 Å². The van der Waals surface area contributed by atoms with Gasteiger partial charge in [-0.15, -0.1) is 0 Å². The Morgan fingerprint density at radius 3 is 2.93 bits per heavy atom. The van der Waals surface area contributed by atoms with Gasteiger partial charge in [-0.05, 0) is 12.1 Å². The van der Waals surface area contributed by atoms with Crippen LogP contribution in [0.15, 0.2) is 18.2 Å². The summed E-state index contributed by atoms with van der Waals surface area (Å²) in [5.41, 5.74) is 0.216. The van der Waals surface area contributed by atoms with Gasteiger partial charge in [0, 0.05) is 12.0 Å². The number of aliphatic carboxylic acids is 1. The molecule has 0 aliphatic carbocycles. The lowest BCUT2D eigenvalue weighted by Crippen LogP contribution is -2.34. The first kappa shape index (κ1) is 9.64. The summed E-state index contributed by atoms with van der Waals surface area (Å²) in [7, 11) is 0. The third kappa shape index (κ3) is 1.56. The van der Waals surface area contributed by atoms with Gasteiger partial charge in [-0.2, -0.15) is 0 Å². The molecule has 1 aliphatic rings. The summed E-state index contributed by atoms with van der Waals surface area (Å²) in [6.07, 6.45) is -1.41. The van der Waals surface area contributed by atoms with Crippen molar-refractivity contribution < 1.29 is 23.8 Å². The summed E-state index contributed by atoms with van der Waals surface area (Å²) in [5.74, 6) is -2.63. The second-order valence-electron chi connectivity index (χ2n) is 3.20. The quantitative estimate of drug-likeness (QED) is 0.702. The molecule has 1 aliphatic heterocycles. The normalized spacial score (nSPS) is 19.3. The minimum absolute atomic E-state index is 0.104. The van der Waals surface area contributed by atoms with Gasteiger partial charge in [0.15, 0.2) is 0 Å². The molecule has 0 fully saturated rings. The molecule has 4 nitrogen and oxygen atoms in total. The van der Waals surface area contributed by atoms with Crippen molar-refractivity contribution in [2.24, 2.45) is 0 Å². The first-order valence-corrected chi connectivity index (χ1v) is 4.31. The highest BCUT2D eigenvalue weighted by Crippen LogP contribution is 2.23. The maximum absolute atomic E-state index is 13.3. The van der Waals surface area contributed by atoms with E-state index < -0.39 is 23.9 Å². The number of halogens is 1. The van der Waals surface area contributed by atoms with E-state index in [0.717, 1.165) is 0 Å². The summed E-state index contributed by atoms with van der Waals surface area (Å²) in [6.45, 7) is 0. The summed E-state index contributed by atoms with van der Waals surface area (Å²) < 4.78 is 17.9. The number of ether oxygens (including phenoxy) is 1. The SMILES string of the molecule is O=C1OC(C(=O)O)Cc2c(F)cccc21. The van der Waals surface area contributed by atoms with Crippen LogP contribution in [0.1, 0.15) is 15.9 Å². The molecule has 15 heavy (non-hydrogen) atoms. The lowest BCUT2D eigenvalue weighted by molar-refractivity contribution is -0.147. The molecule has 0 saturated carbocycles. The molecular formula is C10H7FO4. The molecule has 1 unspecified atom stereocenters. The average molecular weight is 210 g/mol. The third-order valence-corrected chi connectivity index (χ3v) is 2.25. The molecule has 0 bridgehead atoms. The van der Waals surface area contributed by atoms with E-state index in [1.165, 1.54) is 18.2 Å². The first-order chi connectivity index (χ1) is 7.09. The first-order valence-electron chi connectivity index (χ1n) is 4.31. The molecule has 1 atom stereocenters. The predicted molar refractivity (Wildman–Crippen MR) is 46.9 cm³/mol. The van der Waals surface area contributed by atoms with Crippen LogP contribution in [0.2, 0.25) is 0 Å². The zero-order valence-corrected chi connectivity index (χ0v) is 7.57. The van der Waals surface area contributed by atoms with E-state index in [9.17, 15) is 14.0 Å². The van der Waals surface area contributed by atoms with Gasteiger partial charge in [-0.25, -0.2) is 14.0 Å². The fourth-order valence-corrected chi connectivity index (χ4v) is 1.51. The monoisotopic (exact) mass is 210 g/mol. The fraction of sp³-hybridized carbons (Fsp3) is 0.200. The molecule has 0 spiro atoms. The van der Waals surface area contributed by atoms with Crippen molar-refractivity contribution in [2.45, 2.75) is 12.5 Å². The van der Waals surface area contributed by atoms with Crippen LogP contribution >= 0.6 is 0 Å². The molecule has 5 heteroatoms. The van der Waals surface area contributed by atoms with Gasteiger partial charge >= 0.3 is 11.9 Å². The van der Waals surface area contributed by atoms with E-state index in [1.54, 1.807) is 0 Å². The van der Waals surface area contributed by atoms with Crippen LogP contribution in [0.4, 0.5) is 4.39 Å². The van der Waals surface area contributed by atoms with Crippen LogP contribution in [0, 0.1) is 5.82 Å². The van der Waals surface area contributed by atoms with Crippen LogP contribution in [0.5, 0.6) is 0 Å².